The minimum Gasteiger partial charge on any atom is -0.493 e. The molecule has 0 atom stereocenters. The predicted octanol–water partition coefficient (Wildman–Crippen LogP) is 5.66. The number of aromatic amines is 1. The highest BCUT2D eigenvalue weighted by Gasteiger charge is 2.13. The van der Waals surface area contributed by atoms with Gasteiger partial charge >= 0.3 is 0 Å². The van der Waals surface area contributed by atoms with Crippen LogP contribution in [0.15, 0.2) is 79.3 Å². The molecule has 0 spiro atoms. The fourth-order valence-electron chi connectivity index (χ4n) is 3.45. The molecule has 0 aliphatic carbocycles. The summed E-state index contributed by atoms with van der Waals surface area (Å²) in [6, 6.07) is 18.0. The number of nitrogens with one attached hydrogen (secondary N) is 1. The highest BCUT2D eigenvalue weighted by Crippen LogP contribution is 2.30. The molecule has 0 saturated heterocycles. The molecule has 3 heterocycles. The summed E-state index contributed by atoms with van der Waals surface area (Å²) in [6.45, 7) is 0. The fourth-order valence-corrected chi connectivity index (χ4v) is 3.70. The van der Waals surface area contributed by atoms with Crippen molar-refractivity contribution in [3.8, 4) is 34.0 Å². The molecule has 5 rings (SSSR count). The number of halogens is 1. The molecule has 7 heteroatoms. The van der Waals surface area contributed by atoms with Crippen LogP contribution in [0.4, 0.5) is 4.39 Å². The Labute approximate surface area is 176 Å². The third kappa shape index (κ3) is 3.15. The minimum absolute atomic E-state index is 0.00830. The van der Waals surface area contributed by atoms with Crippen molar-refractivity contribution in [3.63, 3.8) is 0 Å². The van der Waals surface area contributed by atoms with Crippen molar-refractivity contribution in [2.75, 3.05) is 0 Å². The summed E-state index contributed by atoms with van der Waals surface area (Å²) in [4.78, 5) is 11.8. The number of hydrogen-bond donors (Lipinski definition) is 2. The Morgan fingerprint density at radius 1 is 0.933 bits per heavy atom. The van der Waals surface area contributed by atoms with Gasteiger partial charge in [0.05, 0.1) is 23.1 Å². The van der Waals surface area contributed by atoms with Gasteiger partial charge in [0.1, 0.15) is 5.82 Å². The number of aromatic hydroxyl groups is 1. The van der Waals surface area contributed by atoms with Crippen molar-refractivity contribution in [3.05, 3.63) is 89.8 Å². The maximum Gasteiger partial charge on any atom is 0.214 e. The molecular weight excluding hydrogens is 399 g/mol. The SMILES string of the molecule is Oc1c[nH]c(=S)n1-c1cc(-c2ccc(-c3ccc(F)cc3)cc2)nc2ccncc12. The first kappa shape index (κ1) is 18.2. The maximum atomic E-state index is 13.2. The van der Waals surface area contributed by atoms with Crippen LogP contribution in [0.25, 0.3) is 39.0 Å². The molecule has 2 aromatic carbocycles. The molecule has 30 heavy (non-hydrogen) atoms. The molecule has 5 nitrogen and oxygen atoms in total. The monoisotopic (exact) mass is 414 g/mol. The van der Waals surface area contributed by atoms with Crippen LogP contribution in [0.3, 0.4) is 0 Å². The van der Waals surface area contributed by atoms with Crippen LogP contribution < -0.4 is 0 Å². The van der Waals surface area contributed by atoms with Crippen LogP contribution in [-0.2, 0) is 0 Å². The number of H-pyrrole nitrogens is 1. The van der Waals surface area contributed by atoms with Crippen molar-refractivity contribution < 1.29 is 9.50 Å². The zero-order chi connectivity index (χ0) is 20.7. The summed E-state index contributed by atoms with van der Waals surface area (Å²) in [5.41, 5.74) is 4.98. The average molecular weight is 414 g/mol. The summed E-state index contributed by atoms with van der Waals surface area (Å²) in [5.74, 6) is -0.252. The van der Waals surface area contributed by atoms with E-state index in [0.29, 0.717) is 10.5 Å². The van der Waals surface area contributed by atoms with E-state index in [4.69, 9.17) is 17.2 Å². The summed E-state index contributed by atoms with van der Waals surface area (Å²) in [5, 5.41) is 11.1. The van der Waals surface area contributed by atoms with E-state index in [0.717, 1.165) is 33.3 Å². The van der Waals surface area contributed by atoms with Gasteiger partial charge in [0, 0.05) is 23.3 Å². The Balaban J connectivity index is 1.65. The van der Waals surface area contributed by atoms with Crippen LogP contribution in [0.1, 0.15) is 0 Å². The van der Waals surface area contributed by atoms with E-state index >= 15 is 0 Å². The number of rotatable bonds is 3. The zero-order valence-electron chi connectivity index (χ0n) is 15.6. The highest BCUT2D eigenvalue weighted by molar-refractivity contribution is 7.71. The molecule has 0 bridgehead atoms. The Morgan fingerprint density at radius 2 is 1.60 bits per heavy atom. The smallest absolute Gasteiger partial charge is 0.214 e. The second kappa shape index (κ2) is 7.20. The van der Waals surface area contributed by atoms with Gasteiger partial charge in [0.2, 0.25) is 5.88 Å². The zero-order valence-corrected chi connectivity index (χ0v) is 16.4. The molecule has 0 aliphatic heterocycles. The summed E-state index contributed by atoms with van der Waals surface area (Å²) >= 11 is 5.34. The van der Waals surface area contributed by atoms with Crippen molar-refractivity contribution in [2.45, 2.75) is 0 Å². The van der Waals surface area contributed by atoms with Crippen LogP contribution in [0.2, 0.25) is 0 Å². The number of imidazole rings is 1. The van der Waals surface area contributed by atoms with Crippen molar-refractivity contribution in [2.24, 2.45) is 0 Å². The standard InChI is InChI=1S/C23H15FN4OS/c24-17-7-5-15(6-8-17)14-1-3-16(4-2-14)20-11-21(28-22(29)13-26-23(28)30)18-12-25-10-9-19(18)27-20/h1-13,29H,(H,26,30). The quantitative estimate of drug-likeness (QED) is 0.374. The first-order valence-corrected chi connectivity index (χ1v) is 9.62. The van der Waals surface area contributed by atoms with Gasteiger partial charge in [-0.25, -0.2) is 9.37 Å². The number of nitrogens with zero attached hydrogens (tertiary/aromatic N) is 3. The van der Waals surface area contributed by atoms with Gasteiger partial charge in [0.15, 0.2) is 4.77 Å². The van der Waals surface area contributed by atoms with Crippen LogP contribution in [0.5, 0.6) is 5.88 Å². The van der Waals surface area contributed by atoms with Gasteiger partial charge in [-0.2, -0.15) is 0 Å². The number of aromatic nitrogens is 4. The highest BCUT2D eigenvalue weighted by atomic mass is 32.1. The largest absolute Gasteiger partial charge is 0.493 e. The van der Waals surface area contributed by atoms with Gasteiger partial charge in [-0.15, -0.1) is 0 Å². The second-order valence-corrected chi connectivity index (χ2v) is 7.18. The van der Waals surface area contributed by atoms with Gasteiger partial charge in [0.25, 0.3) is 0 Å². The lowest BCUT2D eigenvalue weighted by Gasteiger charge is -2.11. The third-order valence-corrected chi connectivity index (χ3v) is 5.24. The van der Waals surface area contributed by atoms with E-state index in [9.17, 15) is 9.50 Å². The van der Waals surface area contributed by atoms with Crippen molar-refractivity contribution in [1.29, 1.82) is 0 Å². The van der Waals surface area contributed by atoms with Gasteiger partial charge in [-0.3, -0.25) is 9.55 Å². The summed E-state index contributed by atoms with van der Waals surface area (Å²) in [7, 11) is 0. The van der Waals surface area contributed by atoms with E-state index in [2.05, 4.69) is 9.97 Å². The Hall–Kier alpha value is -3.84. The molecule has 0 amide bonds. The molecule has 3 aromatic heterocycles. The van der Waals surface area contributed by atoms with E-state index in [1.807, 2.05) is 36.4 Å². The minimum atomic E-state index is -0.260. The molecule has 0 fully saturated rings. The Morgan fingerprint density at radius 3 is 2.27 bits per heavy atom. The molecule has 2 N–H and O–H groups in total. The molecule has 5 aromatic rings. The molecular formula is C23H15FN4OS. The van der Waals surface area contributed by atoms with Crippen molar-refractivity contribution >= 4 is 23.1 Å². The first-order valence-electron chi connectivity index (χ1n) is 9.21. The van der Waals surface area contributed by atoms with Crippen molar-refractivity contribution in [1.82, 2.24) is 19.5 Å². The molecule has 0 saturated carbocycles. The summed E-state index contributed by atoms with van der Waals surface area (Å²) in [6.07, 6.45) is 4.83. The normalized spacial score (nSPS) is 11.1. The number of pyridine rings is 2. The van der Waals surface area contributed by atoms with Gasteiger partial charge in [-0.1, -0.05) is 36.4 Å². The molecule has 0 aliphatic rings. The van der Waals surface area contributed by atoms with E-state index in [1.54, 1.807) is 29.1 Å². The maximum absolute atomic E-state index is 13.2. The average Bonchev–Trinajstić information content (AvgIpc) is 3.11. The first-order chi connectivity index (χ1) is 14.6. The predicted molar refractivity (Wildman–Crippen MR) is 117 cm³/mol. The van der Waals surface area contributed by atoms with Crippen LogP contribution >= 0.6 is 12.2 Å². The molecule has 0 unspecified atom stereocenters. The number of fused-ring (bicyclic) bond motifs is 1. The van der Waals surface area contributed by atoms with Gasteiger partial charge < -0.3 is 10.1 Å². The lowest BCUT2D eigenvalue weighted by molar-refractivity contribution is 0.442. The fraction of sp³-hybridized carbons (Fsp3) is 0. The Bertz CT molecular complexity index is 1420. The molecule has 0 radical (unpaired) electrons. The van der Waals surface area contributed by atoms with Crippen LogP contribution in [0, 0.1) is 10.6 Å². The topological polar surface area (TPSA) is 66.7 Å². The summed E-state index contributed by atoms with van der Waals surface area (Å²) < 4.78 is 15.1. The number of benzene rings is 2. The third-order valence-electron chi connectivity index (χ3n) is 4.94. The lowest BCUT2D eigenvalue weighted by Crippen LogP contribution is -1.98. The number of hydrogen-bond acceptors (Lipinski definition) is 4. The van der Waals surface area contributed by atoms with E-state index < -0.39 is 0 Å². The van der Waals surface area contributed by atoms with E-state index in [1.165, 1.54) is 18.3 Å². The molecule has 146 valence electrons. The van der Waals surface area contributed by atoms with Crippen LogP contribution in [-0.4, -0.2) is 24.6 Å². The lowest BCUT2D eigenvalue weighted by atomic mass is 10.0. The van der Waals surface area contributed by atoms with Gasteiger partial charge in [-0.05, 0) is 47.6 Å². The second-order valence-electron chi connectivity index (χ2n) is 6.79. The van der Waals surface area contributed by atoms with E-state index in [-0.39, 0.29) is 11.7 Å². The Kier molecular flexibility index (Phi) is 4.37.